The van der Waals surface area contributed by atoms with Gasteiger partial charge in [0.2, 0.25) is 17.7 Å². The van der Waals surface area contributed by atoms with E-state index in [2.05, 4.69) is 15.5 Å². The molecule has 2 amide bonds. The average molecular weight is 280 g/mol. The van der Waals surface area contributed by atoms with Gasteiger partial charge in [0.25, 0.3) is 0 Å². The molecule has 0 aliphatic carbocycles. The largest absolute Gasteiger partial charge is 0.343 e. The van der Waals surface area contributed by atoms with Crippen LogP contribution in [0.2, 0.25) is 0 Å². The molecule has 2 rings (SSSR count). The summed E-state index contributed by atoms with van der Waals surface area (Å²) in [5.74, 6) is 0.944. The van der Waals surface area contributed by atoms with Gasteiger partial charge in [-0.1, -0.05) is 19.0 Å². The van der Waals surface area contributed by atoms with Crippen LogP contribution in [0.1, 0.15) is 38.9 Å². The van der Waals surface area contributed by atoms with E-state index in [9.17, 15) is 9.59 Å². The van der Waals surface area contributed by atoms with E-state index >= 15 is 0 Å². The first-order valence-corrected chi connectivity index (χ1v) is 6.78. The Morgan fingerprint density at radius 1 is 1.40 bits per heavy atom. The molecule has 1 aliphatic rings. The highest BCUT2D eigenvalue weighted by Gasteiger charge is 2.38. The van der Waals surface area contributed by atoms with E-state index < -0.39 is 12.1 Å². The molecular formula is C13H20N4O3. The highest BCUT2D eigenvalue weighted by atomic mass is 16.5. The third-order valence-corrected chi connectivity index (χ3v) is 3.33. The number of aryl methyl sites for hydroxylation is 1. The summed E-state index contributed by atoms with van der Waals surface area (Å²) in [6.07, 6.45) is 0.622. The molecule has 0 aromatic carbocycles. The highest BCUT2D eigenvalue weighted by Crippen LogP contribution is 2.17. The molecule has 2 heterocycles. The molecule has 7 heteroatoms. The molecule has 1 aliphatic heterocycles. The van der Waals surface area contributed by atoms with Gasteiger partial charge in [0.05, 0.1) is 0 Å². The molecule has 0 radical (unpaired) electrons. The molecular weight excluding hydrogens is 260 g/mol. The lowest BCUT2D eigenvalue weighted by molar-refractivity contribution is -0.150. The van der Waals surface area contributed by atoms with Gasteiger partial charge < -0.3 is 14.7 Å². The van der Waals surface area contributed by atoms with Crippen LogP contribution in [0, 0.1) is 12.8 Å². The van der Waals surface area contributed by atoms with Gasteiger partial charge in [-0.3, -0.25) is 9.59 Å². The maximum absolute atomic E-state index is 12.4. The molecule has 2 unspecified atom stereocenters. The summed E-state index contributed by atoms with van der Waals surface area (Å²) in [5, 5.41) is 6.47. The minimum atomic E-state index is -0.530. The van der Waals surface area contributed by atoms with Crippen molar-refractivity contribution in [3.8, 4) is 0 Å². The highest BCUT2D eigenvalue weighted by molar-refractivity contribution is 5.96. The van der Waals surface area contributed by atoms with Crippen LogP contribution in [0.25, 0.3) is 0 Å². The fourth-order valence-corrected chi connectivity index (χ4v) is 2.28. The average Bonchev–Trinajstić information content (AvgIpc) is 2.77. The summed E-state index contributed by atoms with van der Waals surface area (Å²) < 4.78 is 5.03. The van der Waals surface area contributed by atoms with E-state index in [0.717, 1.165) is 0 Å². The second-order valence-corrected chi connectivity index (χ2v) is 5.57. The van der Waals surface area contributed by atoms with E-state index in [1.807, 2.05) is 13.8 Å². The van der Waals surface area contributed by atoms with Crippen molar-refractivity contribution in [1.82, 2.24) is 20.4 Å². The molecule has 0 spiro atoms. The number of hydrogen-bond acceptors (Lipinski definition) is 5. The Bertz CT molecular complexity index is 511. The van der Waals surface area contributed by atoms with E-state index in [0.29, 0.717) is 24.1 Å². The van der Waals surface area contributed by atoms with Crippen LogP contribution in [0.4, 0.5) is 0 Å². The Kier molecular flexibility index (Phi) is 4.06. The maximum atomic E-state index is 12.4. The molecule has 1 aromatic heterocycles. The SMILES string of the molecule is Cc1noc(CN2C(=O)C(CC(C)C)NC(=O)C2C)n1. The summed E-state index contributed by atoms with van der Waals surface area (Å²) >= 11 is 0. The Balaban J connectivity index is 2.15. The fraction of sp³-hybridized carbons (Fsp3) is 0.692. The standard InChI is InChI=1S/C13H20N4O3/c1-7(2)5-10-13(19)17(8(3)12(18)15-10)6-11-14-9(4)16-20-11/h7-8,10H,5-6H2,1-4H3,(H,15,18). The molecule has 1 fully saturated rings. The van der Waals surface area contributed by atoms with Crippen LogP contribution in [-0.4, -0.2) is 38.9 Å². The second-order valence-electron chi connectivity index (χ2n) is 5.57. The third kappa shape index (κ3) is 2.97. The lowest BCUT2D eigenvalue weighted by Gasteiger charge is -2.37. The van der Waals surface area contributed by atoms with Gasteiger partial charge in [-0.2, -0.15) is 4.98 Å². The van der Waals surface area contributed by atoms with E-state index in [1.165, 1.54) is 4.90 Å². The smallest absolute Gasteiger partial charge is 0.246 e. The Morgan fingerprint density at radius 3 is 2.65 bits per heavy atom. The van der Waals surface area contributed by atoms with Crippen molar-refractivity contribution in [2.45, 2.75) is 52.7 Å². The van der Waals surface area contributed by atoms with Crippen LogP contribution in [0.3, 0.4) is 0 Å². The minimum absolute atomic E-state index is 0.0957. The van der Waals surface area contributed by atoms with Crippen molar-refractivity contribution >= 4 is 11.8 Å². The van der Waals surface area contributed by atoms with Crippen LogP contribution in [-0.2, 0) is 16.1 Å². The third-order valence-electron chi connectivity index (χ3n) is 3.33. The van der Waals surface area contributed by atoms with Gasteiger partial charge in [-0.05, 0) is 26.2 Å². The Labute approximate surface area is 117 Å². The predicted octanol–water partition coefficient (Wildman–Crippen LogP) is 0.640. The van der Waals surface area contributed by atoms with Gasteiger partial charge in [-0.25, -0.2) is 0 Å². The zero-order valence-electron chi connectivity index (χ0n) is 12.2. The quantitative estimate of drug-likeness (QED) is 0.874. The molecule has 1 aromatic rings. The lowest BCUT2D eigenvalue weighted by Crippen LogP contribution is -2.62. The first-order chi connectivity index (χ1) is 9.38. The molecule has 20 heavy (non-hydrogen) atoms. The van der Waals surface area contributed by atoms with Gasteiger partial charge in [0, 0.05) is 0 Å². The van der Waals surface area contributed by atoms with Gasteiger partial charge in [-0.15, -0.1) is 0 Å². The minimum Gasteiger partial charge on any atom is -0.343 e. The Hall–Kier alpha value is -1.92. The van der Waals surface area contributed by atoms with E-state index in [-0.39, 0.29) is 18.4 Å². The van der Waals surface area contributed by atoms with Crippen LogP contribution < -0.4 is 5.32 Å². The normalized spacial score (nSPS) is 23.4. The van der Waals surface area contributed by atoms with Crippen molar-refractivity contribution in [3.63, 3.8) is 0 Å². The number of rotatable bonds is 4. The summed E-state index contributed by atoms with van der Waals surface area (Å²) in [7, 11) is 0. The van der Waals surface area contributed by atoms with Gasteiger partial charge >= 0.3 is 0 Å². The first-order valence-electron chi connectivity index (χ1n) is 6.78. The Morgan fingerprint density at radius 2 is 2.10 bits per heavy atom. The summed E-state index contributed by atoms with van der Waals surface area (Å²) in [6, 6.07) is -0.999. The second kappa shape index (κ2) is 5.60. The number of carbonyl (C=O) groups is 2. The van der Waals surface area contributed by atoms with Crippen molar-refractivity contribution < 1.29 is 14.1 Å². The zero-order valence-corrected chi connectivity index (χ0v) is 12.2. The maximum Gasteiger partial charge on any atom is 0.246 e. The van der Waals surface area contributed by atoms with Crippen LogP contribution in [0.5, 0.6) is 0 Å². The molecule has 7 nitrogen and oxygen atoms in total. The fourth-order valence-electron chi connectivity index (χ4n) is 2.28. The van der Waals surface area contributed by atoms with Crippen LogP contribution >= 0.6 is 0 Å². The van der Waals surface area contributed by atoms with Crippen molar-refractivity contribution in [2.75, 3.05) is 0 Å². The van der Waals surface area contributed by atoms with Crippen molar-refractivity contribution in [2.24, 2.45) is 5.92 Å². The number of carbonyl (C=O) groups excluding carboxylic acids is 2. The van der Waals surface area contributed by atoms with Crippen molar-refractivity contribution in [3.05, 3.63) is 11.7 Å². The molecule has 0 bridgehead atoms. The molecule has 110 valence electrons. The zero-order chi connectivity index (χ0) is 14.9. The van der Waals surface area contributed by atoms with Gasteiger partial charge in [0.1, 0.15) is 18.6 Å². The summed E-state index contributed by atoms with van der Waals surface area (Å²) in [4.78, 5) is 30.0. The number of amides is 2. The van der Waals surface area contributed by atoms with E-state index in [4.69, 9.17) is 4.52 Å². The molecule has 1 saturated heterocycles. The predicted molar refractivity (Wildman–Crippen MR) is 70.4 cm³/mol. The van der Waals surface area contributed by atoms with Crippen LogP contribution in [0.15, 0.2) is 4.52 Å². The van der Waals surface area contributed by atoms with Gasteiger partial charge in [0.15, 0.2) is 5.82 Å². The summed E-state index contributed by atoms with van der Waals surface area (Å²) in [5.41, 5.74) is 0. The first kappa shape index (κ1) is 14.5. The van der Waals surface area contributed by atoms with E-state index in [1.54, 1.807) is 13.8 Å². The number of nitrogens with zero attached hydrogens (tertiary/aromatic N) is 3. The number of nitrogens with one attached hydrogen (secondary N) is 1. The number of piperazine rings is 1. The number of hydrogen-bond donors (Lipinski definition) is 1. The monoisotopic (exact) mass is 280 g/mol. The molecule has 1 N–H and O–H groups in total. The van der Waals surface area contributed by atoms with Crippen molar-refractivity contribution in [1.29, 1.82) is 0 Å². The topological polar surface area (TPSA) is 88.3 Å². The lowest BCUT2D eigenvalue weighted by atomic mass is 9.99. The number of aromatic nitrogens is 2. The molecule has 2 atom stereocenters. The molecule has 0 saturated carbocycles. The summed E-state index contributed by atoms with van der Waals surface area (Å²) in [6.45, 7) is 7.61.